The normalized spacial score (nSPS) is 13.5. The van der Waals surface area contributed by atoms with Crippen molar-refractivity contribution in [3.8, 4) is 0 Å². The molecule has 1 N–H and O–H groups in total. The van der Waals surface area contributed by atoms with Crippen molar-refractivity contribution in [2.24, 2.45) is 5.92 Å². The van der Waals surface area contributed by atoms with Crippen LogP contribution in [0.1, 0.15) is 46.5 Å². The number of allylic oxidation sites excluding steroid dienone is 1. The Morgan fingerprint density at radius 2 is 1.68 bits per heavy atom. The highest BCUT2D eigenvalue weighted by molar-refractivity contribution is 5.87. The maximum Gasteiger partial charge on any atom is 0.328 e. The van der Waals surface area contributed by atoms with Gasteiger partial charge in [0.25, 0.3) is 0 Å². The number of esters is 1. The summed E-state index contributed by atoms with van der Waals surface area (Å²) >= 11 is 0. The van der Waals surface area contributed by atoms with Gasteiger partial charge in [-0.05, 0) is 19.8 Å². The van der Waals surface area contributed by atoms with Gasteiger partial charge >= 0.3 is 5.97 Å². The summed E-state index contributed by atoms with van der Waals surface area (Å²) in [6, 6.07) is -0.744. The molecule has 0 unspecified atom stereocenters. The molecule has 0 aliphatic carbocycles. The van der Waals surface area contributed by atoms with Gasteiger partial charge in [0.1, 0.15) is 17.6 Å². The van der Waals surface area contributed by atoms with Gasteiger partial charge in [-0.2, -0.15) is 0 Å². The van der Waals surface area contributed by atoms with Crippen molar-refractivity contribution in [1.82, 2.24) is 5.32 Å². The van der Waals surface area contributed by atoms with Gasteiger partial charge in [0.2, 0.25) is 5.91 Å². The van der Waals surface area contributed by atoms with E-state index in [0.29, 0.717) is 12.8 Å². The molecule has 0 aliphatic heterocycles. The van der Waals surface area contributed by atoms with Gasteiger partial charge in [-0.15, -0.1) is 0 Å². The zero-order chi connectivity index (χ0) is 17.1. The molecule has 0 aromatic rings. The number of Topliss-reactive ketones (excluding diaryl/α,β-unsaturated/α-hetero) is 2. The van der Waals surface area contributed by atoms with Crippen molar-refractivity contribution >= 4 is 23.4 Å². The summed E-state index contributed by atoms with van der Waals surface area (Å²) in [5.74, 6) is -1.14. The van der Waals surface area contributed by atoms with Gasteiger partial charge in [-0.1, -0.05) is 19.1 Å². The summed E-state index contributed by atoms with van der Waals surface area (Å²) in [6.07, 6.45) is 4.82. The first-order valence-corrected chi connectivity index (χ1v) is 7.33. The zero-order valence-electron chi connectivity index (χ0n) is 13.7. The molecule has 0 heterocycles. The van der Waals surface area contributed by atoms with Crippen LogP contribution in [-0.2, 0) is 23.9 Å². The molecule has 6 heteroatoms. The first-order valence-electron chi connectivity index (χ1n) is 7.33. The average molecular weight is 311 g/mol. The highest BCUT2D eigenvalue weighted by Gasteiger charge is 2.19. The van der Waals surface area contributed by atoms with Crippen LogP contribution in [0, 0.1) is 5.92 Å². The number of carbonyl (C=O) groups is 4. The van der Waals surface area contributed by atoms with E-state index in [1.807, 2.05) is 0 Å². The fraction of sp³-hybridized carbons (Fsp3) is 0.625. The van der Waals surface area contributed by atoms with Crippen molar-refractivity contribution in [2.75, 3.05) is 7.11 Å². The minimum Gasteiger partial charge on any atom is -0.467 e. The first kappa shape index (κ1) is 20.0. The minimum absolute atomic E-state index is 0.0223. The van der Waals surface area contributed by atoms with E-state index in [-0.39, 0.29) is 36.2 Å². The second-order valence-corrected chi connectivity index (χ2v) is 5.14. The molecule has 0 saturated carbocycles. The Morgan fingerprint density at radius 1 is 1.09 bits per heavy atom. The molecule has 0 aliphatic rings. The number of carbonyl (C=O) groups excluding carboxylic acids is 4. The van der Waals surface area contributed by atoms with E-state index in [2.05, 4.69) is 10.1 Å². The lowest BCUT2D eigenvalue weighted by atomic mass is 9.92. The molecule has 0 rings (SSSR count). The standard InChI is InChI=1S/C16H25NO5/c1-5-15(20)13(10-11(2)18)8-6-7-9-14(16(21)22-4)17-12(3)19/h6-7,13-14H,5,8-10H2,1-4H3,(H,17,19)/t13-,14+/m1/s1. The fourth-order valence-electron chi connectivity index (χ4n) is 2.06. The third-order valence-electron chi connectivity index (χ3n) is 3.16. The topological polar surface area (TPSA) is 89.5 Å². The molecule has 0 aromatic heterocycles. The van der Waals surface area contributed by atoms with E-state index in [9.17, 15) is 19.2 Å². The smallest absolute Gasteiger partial charge is 0.328 e. The largest absolute Gasteiger partial charge is 0.467 e. The Balaban J connectivity index is 4.59. The number of rotatable bonds is 10. The summed E-state index contributed by atoms with van der Waals surface area (Å²) in [6.45, 7) is 4.55. The number of nitrogens with one attached hydrogen (secondary N) is 1. The Kier molecular flexibility index (Phi) is 9.74. The number of ether oxygens (including phenoxy) is 1. The fourth-order valence-corrected chi connectivity index (χ4v) is 2.06. The molecule has 0 fully saturated rings. The predicted molar refractivity (Wildman–Crippen MR) is 82.1 cm³/mol. The number of hydrogen-bond acceptors (Lipinski definition) is 5. The van der Waals surface area contributed by atoms with Crippen LogP contribution in [0.25, 0.3) is 0 Å². The van der Waals surface area contributed by atoms with Gasteiger partial charge in [-0.3, -0.25) is 9.59 Å². The van der Waals surface area contributed by atoms with Crippen LogP contribution in [0.3, 0.4) is 0 Å². The molecule has 0 radical (unpaired) electrons. The Hall–Kier alpha value is -1.98. The SMILES string of the molecule is CCC(=O)[C@H](CC=CC[C@H](NC(C)=O)C(=O)OC)CC(C)=O. The van der Waals surface area contributed by atoms with E-state index < -0.39 is 12.0 Å². The number of amides is 1. The summed E-state index contributed by atoms with van der Waals surface area (Å²) in [5.41, 5.74) is 0. The van der Waals surface area contributed by atoms with E-state index in [1.165, 1.54) is 21.0 Å². The van der Waals surface area contributed by atoms with E-state index in [4.69, 9.17) is 0 Å². The summed E-state index contributed by atoms with van der Waals surface area (Å²) in [4.78, 5) is 45.5. The monoisotopic (exact) mass is 311 g/mol. The first-order chi connectivity index (χ1) is 10.3. The van der Waals surface area contributed by atoms with Gasteiger partial charge in [-0.25, -0.2) is 4.79 Å². The lowest BCUT2D eigenvalue weighted by Crippen LogP contribution is -2.39. The molecule has 0 saturated heterocycles. The highest BCUT2D eigenvalue weighted by Crippen LogP contribution is 2.14. The van der Waals surface area contributed by atoms with Crippen LogP contribution in [-0.4, -0.2) is 36.6 Å². The molecule has 6 nitrogen and oxygen atoms in total. The van der Waals surface area contributed by atoms with Crippen molar-refractivity contribution < 1.29 is 23.9 Å². The number of methoxy groups -OCH3 is 1. The minimum atomic E-state index is -0.744. The molecule has 0 spiro atoms. The summed E-state index contributed by atoms with van der Waals surface area (Å²) in [5, 5.41) is 2.50. The molecular weight excluding hydrogens is 286 g/mol. The van der Waals surface area contributed by atoms with E-state index in [1.54, 1.807) is 19.1 Å². The quantitative estimate of drug-likeness (QED) is 0.488. The number of ketones is 2. The van der Waals surface area contributed by atoms with Crippen LogP contribution in [0.15, 0.2) is 12.2 Å². The third kappa shape index (κ3) is 8.34. The van der Waals surface area contributed by atoms with Gasteiger partial charge in [0.15, 0.2) is 0 Å². The molecule has 1 amide bonds. The predicted octanol–water partition coefficient (Wildman–Crippen LogP) is 1.57. The molecule has 0 bridgehead atoms. The maximum absolute atomic E-state index is 11.8. The van der Waals surface area contributed by atoms with Crippen molar-refractivity contribution in [3.05, 3.63) is 12.2 Å². The van der Waals surface area contributed by atoms with Crippen LogP contribution in [0.4, 0.5) is 0 Å². The summed E-state index contributed by atoms with van der Waals surface area (Å²) in [7, 11) is 1.25. The Bertz CT molecular complexity index is 402. The average Bonchev–Trinajstić information content (AvgIpc) is 2.46. The Morgan fingerprint density at radius 3 is 2.14 bits per heavy atom. The van der Waals surface area contributed by atoms with Gasteiger partial charge in [0.05, 0.1) is 7.11 Å². The van der Waals surface area contributed by atoms with E-state index in [0.717, 1.165) is 0 Å². The molecule has 124 valence electrons. The maximum atomic E-state index is 11.8. The lowest BCUT2D eigenvalue weighted by molar-refractivity contribution is -0.144. The second kappa shape index (κ2) is 10.7. The molecule has 22 heavy (non-hydrogen) atoms. The Labute approximate surface area is 131 Å². The van der Waals surface area contributed by atoms with Crippen molar-refractivity contribution in [2.45, 2.75) is 52.5 Å². The van der Waals surface area contributed by atoms with Crippen LogP contribution >= 0.6 is 0 Å². The third-order valence-corrected chi connectivity index (χ3v) is 3.16. The van der Waals surface area contributed by atoms with Gasteiger partial charge < -0.3 is 14.8 Å². The van der Waals surface area contributed by atoms with Crippen LogP contribution in [0.2, 0.25) is 0 Å². The molecule has 0 aromatic carbocycles. The highest BCUT2D eigenvalue weighted by atomic mass is 16.5. The lowest BCUT2D eigenvalue weighted by Gasteiger charge is -2.14. The number of hydrogen-bond donors (Lipinski definition) is 1. The summed E-state index contributed by atoms with van der Waals surface area (Å²) < 4.78 is 4.61. The second-order valence-electron chi connectivity index (χ2n) is 5.14. The van der Waals surface area contributed by atoms with Crippen LogP contribution < -0.4 is 5.32 Å². The zero-order valence-corrected chi connectivity index (χ0v) is 13.7. The van der Waals surface area contributed by atoms with Gasteiger partial charge in [0, 0.05) is 25.7 Å². The van der Waals surface area contributed by atoms with Crippen LogP contribution in [0.5, 0.6) is 0 Å². The molecule has 2 atom stereocenters. The van der Waals surface area contributed by atoms with Crippen molar-refractivity contribution in [3.63, 3.8) is 0 Å². The van der Waals surface area contributed by atoms with E-state index >= 15 is 0 Å². The van der Waals surface area contributed by atoms with Crippen molar-refractivity contribution in [1.29, 1.82) is 0 Å². The molecular formula is C16H25NO5.